The number of halogens is 2. The SMILES string of the molecule is Clc1cc(OC2CC2)c(I)cn1. The second kappa shape index (κ2) is 3.38. The van der Waals surface area contributed by atoms with Crippen LogP contribution in [0.25, 0.3) is 0 Å². The lowest BCUT2D eigenvalue weighted by atomic mass is 10.4. The molecular weight excluding hydrogens is 288 g/mol. The Bertz CT molecular complexity index is 301. The third-order valence-corrected chi connectivity index (χ3v) is 2.62. The molecule has 2 nitrogen and oxygen atoms in total. The second-order valence-corrected chi connectivity index (χ2v) is 4.30. The van der Waals surface area contributed by atoms with Gasteiger partial charge in [-0.1, -0.05) is 11.6 Å². The minimum Gasteiger partial charge on any atom is -0.489 e. The summed E-state index contributed by atoms with van der Waals surface area (Å²) in [6, 6.07) is 1.77. The highest BCUT2D eigenvalue weighted by Gasteiger charge is 2.24. The average molecular weight is 296 g/mol. The van der Waals surface area contributed by atoms with Crippen LogP contribution in [0.15, 0.2) is 12.3 Å². The molecule has 0 N–H and O–H groups in total. The first-order valence-corrected chi connectivity index (χ1v) is 5.19. The van der Waals surface area contributed by atoms with E-state index in [1.54, 1.807) is 12.3 Å². The maximum Gasteiger partial charge on any atom is 0.137 e. The summed E-state index contributed by atoms with van der Waals surface area (Å²) in [6.45, 7) is 0. The van der Waals surface area contributed by atoms with Gasteiger partial charge in [-0.15, -0.1) is 0 Å². The third-order valence-electron chi connectivity index (χ3n) is 1.60. The Labute approximate surface area is 89.4 Å². The summed E-state index contributed by atoms with van der Waals surface area (Å²) in [5.41, 5.74) is 0. The zero-order chi connectivity index (χ0) is 8.55. The van der Waals surface area contributed by atoms with E-state index in [0.29, 0.717) is 11.3 Å². The first-order chi connectivity index (χ1) is 5.75. The van der Waals surface area contributed by atoms with E-state index in [0.717, 1.165) is 22.2 Å². The minimum absolute atomic E-state index is 0.414. The Morgan fingerprint density at radius 1 is 1.58 bits per heavy atom. The maximum atomic E-state index is 5.73. The Kier molecular flexibility index (Phi) is 2.41. The third kappa shape index (κ3) is 2.01. The summed E-state index contributed by atoms with van der Waals surface area (Å²) in [5.74, 6) is 0.859. The molecule has 1 aromatic heterocycles. The number of ether oxygens (including phenoxy) is 1. The van der Waals surface area contributed by atoms with Crippen LogP contribution in [-0.4, -0.2) is 11.1 Å². The lowest BCUT2D eigenvalue weighted by molar-refractivity contribution is 0.300. The van der Waals surface area contributed by atoms with Gasteiger partial charge in [0.15, 0.2) is 0 Å². The number of nitrogens with zero attached hydrogens (tertiary/aromatic N) is 1. The topological polar surface area (TPSA) is 22.1 Å². The predicted octanol–water partition coefficient (Wildman–Crippen LogP) is 2.88. The standard InChI is InChI=1S/C8H7ClINO/c9-8-3-7(6(10)4-11-8)12-5-1-2-5/h3-5H,1-2H2. The van der Waals surface area contributed by atoms with Crippen molar-refractivity contribution in [2.24, 2.45) is 0 Å². The number of pyridine rings is 1. The highest BCUT2D eigenvalue weighted by molar-refractivity contribution is 14.1. The van der Waals surface area contributed by atoms with E-state index < -0.39 is 0 Å². The molecule has 0 aliphatic heterocycles. The molecule has 1 aliphatic rings. The van der Waals surface area contributed by atoms with Gasteiger partial charge in [0, 0.05) is 12.3 Å². The molecule has 0 unspecified atom stereocenters. The molecule has 1 saturated carbocycles. The summed E-state index contributed by atoms with van der Waals surface area (Å²) in [7, 11) is 0. The number of hydrogen-bond donors (Lipinski definition) is 0. The first-order valence-electron chi connectivity index (χ1n) is 3.73. The Morgan fingerprint density at radius 3 is 3.00 bits per heavy atom. The molecule has 0 aromatic carbocycles. The van der Waals surface area contributed by atoms with Crippen molar-refractivity contribution in [1.82, 2.24) is 4.98 Å². The van der Waals surface area contributed by atoms with Crippen LogP contribution < -0.4 is 4.74 Å². The first kappa shape index (κ1) is 8.56. The van der Waals surface area contributed by atoms with E-state index in [-0.39, 0.29) is 0 Å². The quantitative estimate of drug-likeness (QED) is 0.618. The molecular formula is C8H7ClINO. The maximum absolute atomic E-state index is 5.73. The van der Waals surface area contributed by atoms with Gasteiger partial charge in [-0.3, -0.25) is 0 Å². The van der Waals surface area contributed by atoms with Crippen LogP contribution in [0, 0.1) is 3.57 Å². The highest BCUT2D eigenvalue weighted by atomic mass is 127. The monoisotopic (exact) mass is 295 g/mol. The van der Waals surface area contributed by atoms with Gasteiger partial charge >= 0.3 is 0 Å². The van der Waals surface area contributed by atoms with Gasteiger partial charge in [0.05, 0.1) is 9.67 Å². The molecule has 0 saturated heterocycles. The lowest BCUT2D eigenvalue weighted by Crippen LogP contribution is -1.98. The fraction of sp³-hybridized carbons (Fsp3) is 0.375. The second-order valence-electron chi connectivity index (χ2n) is 2.75. The van der Waals surface area contributed by atoms with E-state index >= 15 is 0 Å². The fourth-order valence-corrected chi connectivity index (χ4v) is 1.42. The normalized spacial score (nSPS) is 16.2. The summed E-state index contributed by atoms with van der Waals surface area (Å²) < 4.78 is 6.62. The molecule has 1 heterocycles. The van der Waals surface area contributed by atoms with E-state index in [4.69, 9.17) is 16.3 Å². The van der Waals surface area contributed by atoms with Crippen molar-refractivity contribution >= 4 is 34.2 Å². The van der Waals surface area contributed by atoms with Crippen molar-refractivity contribution in [3.63, 3.8) is 0 Å². The average Bonchev–Trinajstić information content (AvgIpc) is 2.81. The van der Waals surface area contributed by atoms with Crippen molar-refractivity contribution in [2.75, 3.05) is 0 Å². The van der Waals surface area contributed by atoms with Crippen molar-refractivity contribution < 1.29 is 4.74 Å². The molecule has 1 aliphatic carbocycles. The van der Waals surface area contributed by atoms with Crippen LogP contribution in [0.2, 0.25) is 5.15 Å². The largest absolute Gasteiger partial charge is 0.489 e. The summed E-state index contributed by atoms with van der Waals surface area (Å²) in [6.07, 6.45) is 4.46. The van der Waals surface area contributed by atoms with Crippen LogP contribution in [0.5, 0.6) is 5.75 Å². The van der Waals surface area contributed by atoms with Gasteiger partial charge in [0.25, 0.3) is 0 Å². The van der Waals surface area contributed by atoms with E-state index in [1.165, 1.54) is 0 Å². The summed E-state index contributed by atoms with van der Waals surface area (Å²) >= 11 is 7.92. The molecule has 0 bridgehead atoms. The van der Waals surface area contributed by atoms with E-state index in [1.807, 2.05) is 0 Å². The van der Waals surface area contributed by atoms with E-state index in [9.17, 15) is 0 Å². The Morgan fingerprint density at radius 2 is 2.33 bits per heavy atom. The van der Waals surface area contributed by atoms with E-state index in [2.05, 4.69) is 27.6 Å². The number of aromatic nitrogens is 1. The zero-order valence-electron chi connectivity index (χ0n) is 6.26. The van der Waals surface area contributed by atoms with Crippen LogP contribution in [0.4, 0.5) is 0 Å². The minimum atomic E-state index is 0.414. The number of rotatable bonds is 2. The zero-order valence-corrected chi connectivity index (χ0v) is 9.17. The van der Waals surface area contributed by atoms with Gasteiger partial charge < -0.3 is 4.74 Å². The van der Waals surface area contributed by atoms with Gasteiger partial charge in [-0.2, -0.15) is 0 Å². The van der Waals surface area contributed by atoms with Crippen molar-refractivity contribution in [2.45, 2.75) is 18.9 Å². The molecule has 0 atom stereocenters. The predicted molar refractivity (Wildman–Crippen MR) is 55.6 cm³/mol. The molecule has 0 spiro atoms. The molecule has 2 rings (SSSR count). The molecule has 64 valence electrons. The summed E-state index contributed by atoms with van der Waals surface area (Å²) in [4.78, 5) is 3.94. The molecule has 12 heavy (non-hydrogen) atoms. The molecule has 1 fully saturated rings. The summed E-state index contributed by atoms with van der Waals surface area (Å²) in [5, 5.41) is 0.492. The molecule has 0 amide bonds. The Hall–Kier alpha value is -0.0300. The smallest absolute Gasteiger partial charge is 0.137 e. The van der Waals surface area contributed by atoms with Crippen LogP contribution in [0.1, 0.15) is 12.8 Å². The number of hydrogen-bond acceptors (Lipinski definition) is 2. The Balaban J connectivity index is 2.21. The molecule has 1 aromatic rings. The van der Waals surface area contributed by atoms with Crippen molar-refractivity contribution in [3.8, 4) is 5.75 Å². The van der Waals surface area contributed by atoms with Gasteiger partial charge in [0.2, 0.25) is 0 Å². The van der Waals surface area contributed by atoms with Gasteiger partial charge in [-0.25, -0.2) is 4.98 Å². The molecule has 4 heteroatoms. The highest BCUT2D eigenvalue weighted by Crippen LogP contribution is 2.30. The van der Waals surface area contributed by atoms with Crippen LogP contribution in [-0.2, 0) is 0 Å². The molecule has 0 radical (unpaired) electrons. The lowest BCUT2D eigenvalue weighted by Gasteiger charge is -2.05. The van der Waals surface area contributed by atoms with Crippen LogP contribution >= 0.6 is 34.2 Å². The van der Waals surface area contributed by atoms with Crippen molar-refractivity contribution in [3.05, 3.63) is 21.0 Å². The van der Waals surface area contributed by atoms with Gasteiger partial charge in [-0.05, 0) is 35.4 Å². The van der Waals surface area contributed by atoms with Crippen molar-refractivity contribution in [1.29, 1.82) is 0 Å². The van der Waals surface area contributed by atoms with Crippen LogP contribution in [0.3, 0.4) is 0 Å². The van der Waals surface area contributed by atoms with Gasteiger partial charge in [0.1, 0.15) is 10.9 Å². The fourth-order valence-electron chi connectivity index (χ4n) is 0.852.